The molecule has 2 unspecified atom stereocenters. The number of aryl methyl sites for hydroxylation is 2. The predicted molar refractivity (Wildman–Crippen MR) is 81.9 cm³/mol. The van der Waals surface area contributed by atoms with E-state index < -0.39 is 0 Å². The number of rotatable bonds is 4. The minimum atomic E-state index is 0.416. The van der Waals surface area contributed by atoms with E-state index in [0.717, 1.165) is 6.42 Å². The number of hydrogen-bond acceptors (Lipinski definition) is 2. The molecule has 2 atom stereocenters. The Hall–Kier alpha value is -1.15. The predicted octanol–water partition coefficient (Wildman–Crippen LogP) is 3.34. The van der Waals surface area contributed by atoms with E-state index in [-0.39, 0.29) is 0 Å². The minimum absolute atomic E-state index is 0.416. The van der Waals surface area contributed by atoms with Gasteiger partial charge in [-0.1, -0.05) is 18.2 Å². The van der Waals surface area contributed by atoms with Crippen molar-refractivity contribution >= 4 is 5.78 Å². The normalized spacial score (nSPS) is 28.6. The van der Waals surface area contributed by atoms with Crippen molar-refractivity contribution in [2.24, 2.45) is 5.92 Å². The van der Waals surface area contributed by atoms with Gasteiger partial charge in [-0.05, 0) is 62.1 Å². The van der Waals surface area contributed by atoms with Gasteiger partial charge in [-0.3, -0.25) is 4.79 Å². The highest BCUT2D eigenvalue weighted by atomic mass is 16.1. The molecule has 2 aliphatic heterocycles. The average molecular weight is 271 g/mol. The SMILES string of the molecule is Cc1ccc(CC(=O)CC2CC3CCC(C2)N3)cc1C. The number of piperidine rings is 1. The first-order valence-electron chi connectivity index (χ1n) is 7.94. The molecular weight excluding hydrogens is 246 g/mol. The van der Waals surface area contributed by atoms with Crippen LogP contribution in [0, 0.1) is 19.8 Å². The molecule has 0 aliphatic carbocycles. The maximum absolute atomic E-state index is 12.3. The van der Waals surface area contributed by atoms with Crippen LogP contribution in [0.1, 0.15) is 48.8 Å². The van der Waals surface area contributed by atoms with Gasteiger partial charge in [0.15, 0.2) is 0 Å². The summed E-state index contributed by atoms with van der Waals surface area (Å²) in [5, 5.41) is 3.65. The second-order valence-corrected chi connectivity index (χ2v) is 6.81. The van der Waals surface area contributed by atoms with Crippen LogP contribution in [-0.4, -0.2) is 17.9 Å². The number of fused-ring (bicyclic) bond motifs is 2. The molecule has 0 aromatic heterocycles. The molecule has 2 heterocycles. The fraction of sp³-hybridized carbons (Fsp3) is 0.611. The zero-order valence-electron chi connectivity index (χ0n) is 12.6. The lowest BCUT2D eigenvalue weighted by atomic mass is 9.87. The fourth-order valence-corrected chi connectivity index (χ4v) is 3.88. The molecule has 20 heavy (non-hydrogen) atoms. The molecular formula is C18H25NO. The molecule has 0 radical (unpaired) electrons. The van der Waals surface area contributed by atoms with Crippen molar-refractivity contribution in [2.75, 3.05) is 0 Å². The number of ketones is 1. The zero-order chi connectivity index (χ0) is 14.1. The molecule has 2 nitrogen and oxygen atoms in total. The Labute approximate surface area is 122 Å². The van der Waals surface area contributed by atoms with Crippen LogP contribution in [-0.2, 0) is 11.2 Å². The highest BCUT2D eigenvalue weighted by Crippen LogP contribution is 2.33. The highest BCUT2D eigenvalue weighted by molar-refractivity contribution is 5.81. The number of carbonyl (C=O) groups is 1. The summed E-state index contributed by atoms with van der Waals surface area (Å²) in [6.45, 7) is 4.24. The number of nitrogens with one attached hydrogen (secondary N) is 1. The van der Waals surface area contributed by atoms with Crippen LogP contribution in [0.3, 0.4) is 0 Å². The van der Waals surface area contributed by atoms with Gasteiger partial charge in [0, 0.05) is 24.9 Å². The summed E-state index contributed by atoms with van der Waals surface area (Å²) in [6.07, 6.45) is 6.42. The molecule has 3 rings (SSSR count). The van der Waals surface area contributed by atoms with Crippen molar-refractivity contribution in [1.29, 1.82) is 0 Å². The standard InChI is InChI=1S/C18H25NO/c1-12-3-4-14(7-13(12)2)10-18(20)11-15-8-16-5-6-17(9-15)19-16/h3-4,7,15-17,19H,5-6,8-11H2,1-2H3. The number of benzene rings is 1. The Kier molecular flexibility index (Phi) is 3.93. The lowest BCUT2D eigenvalue weighted by Gasteiger charge is -2.28. The van der Waals surface area contributed by atoms with Crippen LogP contribution in [0.5, 0.6) is 0 Å². The third-order valence-electron chi connectivity index (χ3n) is 5.06. The molecule has 2 saturated heterocycles. The molecule has 2 heteroatoms. The van der Waals surface area contributed by atoms with Crippen LogP contribution in [0.4, 0.5) is 0 Å². The lowest BCUT2D eigenvalue weighted by Crippen LogP contribution is -2.38. The number of hydrogen-bond donors (Lipinski definition) is 1. The smallest absolute Gasteiger partial charge is 0.137 e. The van der Waals surface area contributed by atoms with Crippen molar-refractivity contribution < 1.29 is 4.79 Å². The van der Waals surface area contributed by atoms with E-state index in [1.165, 1.54) is 42.4 Å². The Morgan fingerprint density at radius 3 is 2.50 bits per heavy atom. The Balaban J connectivity index is 1.55. The molecule has 108 valence electrons. The zero-order valence-corrected chi connectivity index (χ0v) is 12.6. The molecule has 0 saturated carbocycles. The quantitative estimate of drug-likeness (QED) is 0.910. The van der Waals surface area contributed by atoms with E-state index >= 15 is 0 Å². The summed E-state index contributed by atoms with van der Waals surface area (Å²) in [5.41, 5.74) is 3.77. The van der Waals surface area contributed by atoms with Gasteiger partial charge in [0.25, 0.3) is 0 Å². The molecule has 1 aromatic rings. The molecule has 1 aromatic carbocycles. The summed E-state index contributed by atoms with van der Waals surface area (Å²) >= 11 is 0. The molecule has 0 amide bonds. The fourth-order valence-electron chi connectivity index (χ4n) is 3.88. The van der Waals surface area contributed by atoms with Crippen LogP contribution in [0.15, 0.2) is 18.2 Å². The van der Waals surface area contributed by atoms with E-state index in [0.29, 0.717) is 30.2 Å². The second kappa shape index (κ2) is 5.69. The third kappa shape index (κ3) is 3.12. The number of Topliss-reactive ketones (excluding diaryl/α,β-unsaturated/α-hetero) is 1. The van der Waals surface area contributed by atoms with E-state index in [9.17, 15) is 4.79 Å². The Morgan fingerprint density at radius 1 is 1.15 bits per heavy atom. The third-order valence-corrected chi connectivity index (χ3v) is 5.06. The first kappa shape index (κ1) is 13.8. The van der Waals surface area contributed by atoms with Crippen molar-refractivity contribution in [1.82, 2.24) is 5.32 Å². The number of carbonyl (C=O) groups excluding carboxylic acids is 1. The van der Waals surface area contributed by atoms with E-state index in [1.54, 1.807) is 0 Å². The topological polar surface area (TPSA) is 29.1 Å². The van der Waals surface area contributed by atoms with Gasteiger partial charge in [0.1, 0.15) is 5.78 Å². The Bertz CT molecular complexity index is 496. The van der Waals surface area contributed by atoms with Gasteiger partial charge >= 0.3 is 0 Å². The van der Waals surface area contributed by atoms with Gasteiger partial charge in [0.05, 0.1) is 0 Å². The molecule has 0 spiro atoms. The van der Waals surface area contributed by atoms with Crippen molar-refractivity contribution in [3.8, 4) is 0 Å². The largest absolute Gasteiger partial charge is 0.311 e. The van der Waals surface area contributed by atoms with Gasteiger partial charge in [0.2, 0.25) is 0 Å². The summed E-state index contributed by atoms with van der Waals surface area (Å²) in [6, 6.07) is 7.77. The van der Waals surface area contributed by atoms with Crippen LogP contribution in [0.25, 0.3) is 0 Å². The molecule has 2 bridgehead atoms. The van der Waals surface area contributed by atoms with Crippen molar-refractivity contribution in [2.45, 2.75) is 64.5 Å². The average Bonchev–Trinajstić information content (AvgIpc) is 2.73. The maximum atomic E-state index is 12.3. The molecule has 2 aliphatic rings. The van der Waals surface area contributed by atoms with E-state index in [1.807, 2.05) is 0 Å². The van der Waals surface area contributed by atoms with Crippen molar-refractivity contribution in [3.05, 3.63) is 34.9 Å². The van der Waals surface area contributed by atoms with E-state index in [4.69, 9.17) is 0 Å². The summed E-state index contributed by atoms with van der Waals surface area (Å²) in [4.78, 5) is 12.3. The van der Waals surface area contributed by atoms with Gasteiger partial charge in [-0.25, -0.2) is 0 Å². The van der Waals surface area contributed by atoms with Crippen LogP contribution < -0.4 is 5.32 Å². The minimum Gasteiger partial charge on any atom is -0.311 e. The first-order valence-corrected chi connectivity index (χ1v) is 7.94. The van der Waals surface area contributed by atoms with E-state index in [2.05, 4.69) is 37.4 Å². The summed E-state index contributed by atoms with van der Waals surface area (Å²) in [7, 11) is 0. The summed E-state index contributed by atoms with van der Waals surface area (Å²) < 4.78 is 0. The molecule has 1 N–H and O–H groups in total. The summed E-state index contributed by atoms with van der Waals surface area (Å²) in [5.74, 6) is 1.03. The van der Waals surface area contributed by atoms with Crippen LogP contribution >= 0.6 is 0 Å². The maximum Gasteiger partial charge on any atom is 0.137 e. The van der Waals surface area contributed by atoms with Gasteiger partial charge in [-0.15, -0.1) is 0 Å². The van der Waals surface area contributed by atoms with Gasteiger partial charge in [-0.2, -0.15) is 0 Å². The second-order valence-electron chi connectivity index (χ2n) is 6.81. The lowest BCUT2D eigenvalue weighted by molar-refractivity contribution is -0.119. The molecule has 2 fully saturated rings. The monoisotopic (exact) mass is 271 g/mol. The van der Waals surface area contributed by atoms with Gasteiger partial charge < -0.3 is 5.32 Å². The van der Waals surface area contributed by atoms with Crippen LogP contribution in [0.2, 0.25) is 0 Å². The Morgan fingerprint density at radius 2 is 1.85 bits per heavy atom. The first-order chi connectivity index (χ1) is 9.60. The van der Waals surface area contributed by atoms with Crippen molar-refractivity contribution in [3.63, 3.8) is 0 Å². The highest BCUT2D eigenvalue weighted by Gasteiger charge is 2.33.